The Morgan fingerprint density at radius 3 is 2.25 bits per heavy atom. The van der Waals surface area contributed by atoms with E-state index in [9.17, 15) is 31.1 Å². The van der Waals surface area contributed by atoms with Crippen molar-refractivity contribution in [2.75, 3.05) is 6.54 Å². The van der Waals surface area contributed by atoms with Crippen molar-refractivity contribution >= 4 is 5.91 Å². The molecule has 0 aromatic heterocycles. The second kappa shape index (κ2) is 10.5. The molecular formula is C22H21F6N3O. The molecule has 0 heterocycles. The maximum Gasteiger partial charge on any atom is 0.407 e. The predicted molar refractivity (Wildman–Crippen MR) is 106 cm³/mol. The van der Waals surface area contributed by atoms with Gasteiger partial charge in [0.15, 0.2) is 11.6 Å². The van der Waals surface area contributed by atoms with E-state index in [1.807, 2.05) is 0 Å². The van der Waals surface area contributed by atoms with Gasteiger partial charge in [0.2, 0.25) is 5.91 Å². The monoisotopic (exact) mass is 457 g/mol. The van der Waals surface area contributed by atoms with Crippen molar-refractivity contribution in [1.29, 1.82) is 5.26 Å². The summed E-state index contributed by atoms with van der Waals surface area (Å²) < 4.78 is 82.3. The number of nitriles is 1. The zero-order chi connectivity index (χ0) is 24.1. The SMILES string of the molecule is CC(C)C[C@H](N[C@@H](c1ccc(-c2cc(F)cc(F)c2F)cc1)C(F)(F)F)C(=O)NCC#N. The second-order valence-corrected chi connectivity index (χ2v) is 7.57. The molecular weight excluding hydrogens is 436 g/mol. The van der Waals surface area contributed by atoms with Crippen molar-refractivity contribution in [2.45, 2.75) is 38.5 Å². The third-order valence-electron chi connectivity index (χ3n) is 4.61. The number of halogens is 6. The summed E-state index contributed by atoms with van der Waals surface area (Å²) in [6.45, 7) is 3.11. The highest BCUT2D eigenvalue weighted by atomic mass is 19.4. The van der Waals surface area contributed by atoms with E-state index in [1.165, 1.54) is 0 Å². The van der Waals surface area contributed by atoms with Crippen LogP contribution in [0.1, 0.15) is 31.9 Å². The third kappa shape index (κ3) is 6.47. The van der Waals surface area contributed by atoms with Gasteiger partial charge >= 0.3 is 6.18 Å². The minimum absolute atomic E-state index is 0.0175. The van der Waals surface area contributed by atoms with Crippen LogP contribution in [0.3, 0.4) is 0 Å². The van der Waals surface area contributed by atoms with Crippen LogP contribution in [0.5, 0.6) is 0 Å². The van der Waals surface area contributed by atoms with Crippen LogP contribution < -0.4 is 10.6 Å². The van der Waals surface area contributed by atoms with E-state index in [4.69, 9.17) is 5.26 Å². The van der Waals surface area contributed by atoms with Crippen LogP contribution in [0, 0.1) is 34.7 Å². The Morgan fingerprint density at radius 1 is 1.09 bits per heavy atom. The molecule has 1 amide bonds. The van der Waals surface area contributed by atoms with Crippen LogP contribution in [-0.2, 0) is 4.79 Å². The summed E-state index contributed by atoms with van der Waals surface area (Å²) in [5, 5.41) is 13.2. The summed E-state index contributed by atoms with van der Waals surface area (Å²) >= 11 is 0. The number of alkyl halides is 3. The normalized spacial score (nSPS) is 13.5. The fourth-order valence-electron chi connectivity index (χ4n) is 3.17. The van der Waals surface area contributed by atoms with Crippen LogP contribution in [0.25, 0.3) is 11.1 Å². The van der Waals surface area contributed by atoms with Crippen LogP contribution in [0.15, 0.2) is 36.4 Å². The van der Waals surface area contributed by atoms with Gasteiger partial charge in [-0.1, -0.05) is 38.1 Å². The first-order valence-electron chi connectivity index (χ1n) is 9.66. The lowest BCUT2D eigenvalue weighted by Crippen LogP contribution is -2.49. The predicted octanol–water partition coefficient (Wildman–Crippen LogP) is 5.02. The van der Waals surface area contributed by atoms with Gasteiger partial charge in [-0.15, -0.1) is 0 Å². The van der Waals surface area contributed by atoms with Gasteiger partial charge in [-0.3, -0.25) is 10.1 Å². The molecule has 32 heavy (non-hydrogen) atoms. The summed E-state index contributed by atoms with van der Waals surface area (Å²) in [6.07, 6.45) is -4.71. The first kappa shape index (κ1) is 25.2. The van der Waals surface area contributed by atoms with E-state index in [1.54, 1.807) is 19.9 Å². The fraction of sp³-hybridized carbons (Fsp3) is 0.364. The van der Waals surface area contributed by atoms with Crippen molar-refractivity contribution in [3.05, 3.63) is 59.4 Å². The molecule has 2 rings (SSSR count). The third-order valence-corrected chi connectivity index (χ3v) is 4.61. The van der Waals surface area contributed by atoms with E-state index < -0.39 is 47.2 Å². The average molecular weight is 457 g/mol. The van der Waals surface area contributed by atoms with E-state index in [0.29, 0.717) is 6.07 Å². The highest BCUT2D eigenvalue weighted by Crippen LogP contribution is 2.35. The fourth-order valence-corrected chi connectivity index (χ4v) is 3.17. The Labute approximate surface area is 181 Å². The van der Waals surface area contributed by atoms with E-state index in [0.717, 1.165) is 30.3 Å². The number of amides is 1. The number of nitrogens with zero attached hydrogens (tertiary/aromatic N) is 1. The molecule has 2 aromatic carbocycles. The molecule has 2 atom stereocenters. The van der Waals surface area contributed by atoms with Gasteiger partial charge in [-0.25, -0.2) is 13.2 Å². The van der Waals surface area contributed by atoms with Gasteiger partial charge in [-0.05, 0) is 29.5 Å². The molecule has 0 fully saturated rings. The number of carbonyl (C=O) groups is 1. The molecule has 0 aliphatic carbocycles. The summed E-state index contributed by atoms with van der Waals surface area (Å²) in [6, 6.07) is 3.63. The summed E-state index contributed by atoms with van der Waals surface area (Å²) in [5.41, 5.74) is -0.726. The number of hydrogen-bond donors (Lipinski definition) is 2. The molecule has 2 N–H and O–H groups in total. The molecule has 10 heteroatoms. The minimum Gasteiger partial charge on any atom is -0.342 e. The number of nitrogens with one attached hydrogen (secondary N) is 2. The Kier molecular flexibility index (Phi) is 8.27. The molecule has 0 unspecified atom stereocenters. The largest absolute Gasteiger partial charge is 0.407 e. The maximum absolute atomic E-state index is 14.0. The van der Waals surface area contributed by atoms with E-state index in [-0.39, 0.29) is 30.0 Å². The lowest BCUT2D eigenvalue weighted by atomic mass is 9.97. The van der Waals surface area contributed by atoms with Gasteiger partial charge < -0.3 is 5.32 Å². The first-order valence-corrected chi connectivity index (χ1v) is 9.66. The van der Waals surface area contributed by atoms with Crippen molar-refractivity contribution in [1.82, 2.24) is 10.6 Å². The zero-order valence-corrected chi connectivity index (χ0v) is 17.2. The summed E-state index contributed by atoms with van der Waals surface area (Å²) in [7, 11) is 0. The number of carbonyl (C=O) groups excluding carboxylic acids is 1. The Bertz CT molecular complexity index is 983. The highest BCUT2D eigenvalue weighted by Gasteiger charge is 2.42. The van der Waals surface area contributed by atoms with E-state index in [2.05, 4.69) is 10.6 Å². The highest BCUT2D eigenvalue weighted by molar-refractivity contribution is 5.82. The Balaban J connectivity index is 2.37. The molecule has 0 saturated heterocycles. The molecule has 172 valence electrons. The molecule has 0 radical (unpaired) electrons. The number of rotatable bonds is 8. The van der Waals surface area contributed by atoms with Gasteiger partial charge in [-0.2, -0.15) is 18.4 Å². The number of benzene rings is 2. The maximum atomic E-state index is 14.0. The summed E-state index contributed by atoms with van der Waals surface area (Å²) in [4.78, 5) is 12.3. The second-order valence-electron chi connectivity index (χ2n) is 7.57. The topological polar surface area (TPSA) is 64.9 Å². The van der Waals surface area contributed by atoms with Gasteiger partial charge in [0, 0.05) is 11.6 Å². The van der Waals surface area contributed by atoms with Crippen molar-refractivity contribution in [3.8, 4) is 17.2 Å². The van der Waals surface area contributed by atoms with Crippen molar-refractivity contribution in [2.24, 2.45) is 5.92 Å². The molecule has 0 aliphatic heterocycles. The van der Waals surface area contributed by atoms with Crippen molar-refractivity contribution < 1.29 is 31.1 Å². The van der Waals surface area contributed by atoms with Gasteiger partial charge in [0.25, 0.3) is 0 Å². The van der Waals surface area contributed by atoms with Crippen LogP contribution in [-0.4, -0.2) is 24.7 Å². The van der Waals surface area contributed by atoms with Crippen LogP contribution in [0.4, 0.5) is 26.3 Å². The van der Waals surface area contributed by atoms with Gasteiger partial charge in [0.1, 0.15) is 18.4 Å². The molecule has 0 saturated carbocycles. The first-order chi connectivity index (χ1) is 14.9. The Hall–Kier alpha value is -3.06. The molecule has 0 spiro atoms. The molecule has 0 aliphatic rings. The van der Waals surface area contributed by atoms with Crippen LogP contribution >= 0.6 is 0 Å². The zero-order valence-electron chi connectivity index (χ0n) is 17.2. The van der Waals surface area contributed by atoms with Crippen molar-refractivity contribution in [3.63, 3.8) is 0 Å². The molecule has 4 nitrogen and oxygen atoms in total. The summed E-state index contributed by atoms with van der Waals surface area (Å²) in [5.74, 6) is -4.64. The smallest absolute Gasteiger partial charge is 0.342 e. The van der Waals surface area contributed by atoms with E-state index >= 15 is 0 Å². The number of hydrogen-bond acceptors (Lipinski definition) is 3. The lowest BCUT2D eigenvalue weighted by molar-refractivity contribution is -0.161. The minimum atomic E-state index is -4.79. The van der Waals surface area contributed by atoms with Gasteiger partial charge in [0.05, 0.1) is 12.1 Å². The molecule has 0 bridgehead atoms. The lowest BCUT2D eigenvalue weighted by Gasteiger charge is -2.28. The van der Waals surface area contributed by atoms with Crippen LogP contribution in [0.2, 0.25) is 0 Å². The molecule has 2 aromatic rings. The average Bonchev–Trinajstić information content (AvgIpc) is 2.71. The standard InChI is InChI=1S/C22H21F6N3O/c1-12(2)9-18(21(32)30-8-7-29)31-20(22(26,27)28)14-5-3-13(4-6-14)16-10-15(23)11-17(24)19(16)25/h3-6,10-12,18,20,31H,8-9H2,1-2H3,(H,30,32)/t18-,20-/m0/s1. The Morgan fingerprint density at radius 2 is 1.72 bits per heavy atom. The quantitative estimate of drug-likeness (QED) is 0.333.